The lowest BCUT2D eigenvalue weighted by atomic mass is 10.1. The second-order valence-electron chi connectivity index (χ2n) is 5.62. The predicted octanol–water partition coefficient (Wildman–Crippen LogP) is 3.87. The van der Waals surface area contributed by atoms with Gasteiger partial charge in [0.25, 0.3) is 0 Å². The minimum atomic E-state index is -2.42. The van der Waals surface area contributed by atoms with Gasteiger partial charge in [-0.1, -0.05) is 6.92 Å². The van der Waals surface area contributed by atoms with Gasteiger partial charge in [0.15, 0.2) is 5.60 Å². The SMILES string of the molecule is CCCOC(=O)OCC(C)(COC)OC(=O)Oc1c(F)c(F)c(F)c(F)c1F. The van der Waals surface area contributed by atoms with Crippen LogP contribution in [0, 0.1) is 29.1 Å². The van der Waals surface area contributed by atoms with Crippen LogP contribution in [0.1, 0.15) is 20.3 Å². The van der Waals surface area contributed by atoms with Crippen molar-refractivity contribution < 1.29 is 55.2 Å². The van der Waals surface area contributed by atoms with Gasteiger partial charge in [0, 0.05) is 7.11 Å². The van der Waals surface area contributed by atoms with Gasteiger partial charge in [-0.2, -0.15) is 8.78 Å². The molecule has 0 bridgehead atoms. The van der Waals surface area contributed by atoms with Gasteiger partial charge in [0.05, 0.1) is 13.2 Å². The monoisotopic (exact) mass is 416 g/mol. The molecule has 0 N–H and O–H groups in total. The number of carbonyl (C=O) groups is 2. The molecule has 0 fully saturated rings. The maximum atomic E-state index is 13.6. The number of hydrogen-bond donors (Lipinski definition) is 0. The topological polar surface area (TPSA) is 80.3 Å². The molecule has 0 aromatic heterocycles. The second kappa shape index (κ2) is 10.1. The molecule has 0 amide bonds. The van der Waals surface area contributed by atoms with Gasteiger partial charge in [-0.3, -0.25) is 0 Å². The Hall–Kier alpha value is -2.63. The van der Waals surface area contributed by atoms with Gasteiger partial charge < -0.3 is 23.7 Å². The maximum absolute atomic E-state index is 13.6. The molecule has 12 heteroatoms. The highest BCUT2D eigenvalue weighted by Gasteiger charge is 2.35. The van der Waals surface area contributed by atoms with Crippen molar-refractivity contribution in [3.63, 3.8) is 0 Å². The standard InChI is InChI=1S/C16H17F5O7/c1-4-5-25-14(22)26-7-16(2,6-24-3)28-15(23)27-13-11(20)9(18)8(17)10(19)12(13)21/h4-7H2,1-3H3. The summed E-state index contributed by atoms with van der Waals surface area (Å²) < 4.78 is 89.4. The lowest BCUT2D eigenvalue weighted by molar-refractivity contribution is -0.0865. The number of rotatable bonds is 8. The quantitative estimate of drug-likeness (QED) is 0.209. The van der Waals surface area contributed by atoms with Crippen LogP contribution in [-0.2, 0) is 18.9 Å². The first-order valence-electron chi connectivity index (χ1n) is 7.77. The third-order valence-corrected chi connectivity index (χ3v) is 3.05. The van der Waals surface area contributed by atoms with Crippen molar-refractivity contribution in [1.29, 1.82) is 0 Å². The van der Waals surface area contributed by atoms with Crippen LogP contribution in [0.2, 0.25) is 0 Å². The third kappa shape index (κ3) is 5.94. The van der Waals surface area contributed by atoms with Crippen molar-refractivity contribution >= 4 is 12.3 Å². The molecule has 0 heterocycles. The van der Waals surface area contributed by atoms with Crippen LogP contribution in [0.15, 0.2) is 0 Å². The molecule has 0 saturated carbocycles. The fraction of sp³-hybridized carbons (Fsp3) is 0.500. The van der Waals surface area contributed by atoms with Crippen molar-refractivity contribution in [3.8, 4) is 5.75 Å². The molecule has 158 valence electrons. The van der Waals surface area contributed by atoms with Gasteiger partial charge in [-0.25, -0.2) is 22.8 Å². The number of hydrogen-bond acceptors (Lipinski definition) is 7. The zero-order valence-corrected chi connectivity index (χ0v) is 15.1. The molecule has 1 aromatic rings. The first kappa shape index (κ1) is 23.4. The molecule has 1 atom stereocenters. The second-order valence-corrected chi connectivity index (χ2v) is 5.62. The number of methoxy groups -OCH3 is 1. The Kier molecular flexibility index (Phi) is 8.41. The van der Waals surface area contributed by atoms with Crippen LogP contribution in [0.3, 0.4) is 0 Å². The Morgan fingerprint density at radius 1 is 0.857 bits per heavy atom. The zero-order chi connectivity index (χ0) is 21.5. The molecule has 7 nitrogen and oxygen atoms in total. The Bertz CT molecular complexity index is 699. The Morgan fingerprint density at radius 2 is 1.39 bits per heavy atom. The molecule has 0 aliphatic heterocycles. The van der Waals surface area contributed by atoms with E-state index in [0.717, 1.165) is 0 Å². The van der Waals surface area contributed by atoms with Gasteiger partial charge in [-0.05, 0) is 13.3 Å². The van der Waals surface area contributed by atoms with Crippen LogP contribution < -0.4 is 4.74 Å². The van der Waals surface area contributed by atoms with E-state index in [-0.39, 0.29) is 13.2 Å². The van der Waals surface area contributed by atoms with Crippen LogP contribution in [0.25, 0.3) is 0 Å². The summed E-state index contributed by atoms with van der Waals surface area (Å²) in [5.74, 6) is -13.6. The van der Waals surface area contributed by atoms with E-state index in [0.29, 0.717) is 6.42 Å². The number of ether oxygens (including phenoxy) is 5. The summed E-state index contributed by atoms with van der Waals surface area (Å²) in [4.78, 5) is 23.1. The Balaban J connectivity index is 2.89. The number of benzene rings is 1. The molecule has 0 radical (unpaired) electrons. The minimum Gasteiger partial charge on any atom is -0.434 e. The number of halogens is 5. The van der Waals surface area contributed by atoms with Gasteiger partial charge in [0.1, 0.15) is 6.61 Å². The summed E-state index contributed by atoms with van der Waals surface area (Å²) in [6.07, 6.45) is -2.39. The predicted molar refractivity (Wildman–Crippen MR) is 81.2 cm³/mol. The van der Waals surface area contributed by atoms with Crippen molar-refractivity contribution in [2.75, 3.05) is 26.9 Å². The van der Waals surface area contributed by atoms with E-state index in [1.165, 1.54) is 14.0 Å². The van der Waals surface area contributed by atoms with E-state index < -0.39 is 59.4 Å². The van der Waals surface area contributed by atoms with E-state index in [1.807, 2.05) is 0 Å². The Morgan fingerprint density at radius 3 is 1.89 bits per heavy atom. The average Bonchev–Trinajstić information content (AvgIpc) is 2.65. The molecular formula is C16H17F5O7. The summed E-state index contributed by atoms with van der Waals surface area (Å²) in [5, 5.41) is 0. The molecule has 1 aromatic carbocycles. The van der Waals surface area contributed by atoms with Crippen LogP contribution in [-0.4, -0.2) is 44.8 Å². The summed E-state index contributed by atoms with van der Waals surface area (Å²) in [7, 11) is 1.20. The highest BCUT2D eigenvalue weighted by molar-refractivity contribution is 5.65. The molecule has 0 saturated heterocycles. The van der Waals surface area contributed by atoms with E-state index in [9.17, 15) is 31.5 Å². The molecule has 1 unspecified atom stereocenters. The van der Waals surface area contributed by atoms with E-state index in [4.69, 9.17) is 14.2 Å². The van der Waals surface area contributed by atoms with Gasteiger partial charge in [-0.15, -0.1) is 0 Å². The number of carbonyl (C=O) groups excluding carboxylic acids is 2. The smallest absolute Gasteiger partial charge is 0.434 e. The summed E-state index contributed by atoms with van der Waals surface area (Å²) >= 11 is 0. The zero-order valence-electron chi connectivity index (χ0n) is 15.1. The van der Waals surface area contributed by atoms with Crippen molar-refractivity contribution in [2.24, 2.45) is 0 Å². The van der Waals surface area contributed by atoms with Crippen molar-refractivity contribution in [3.05, 3.63) is 29.1 Å². The Labute approximate surface area is 156 Å². The summed E-state index contributed by atoms with van der Waals surface area (Å²) in [6.45, 7) is 2.02. The van der Waals surface area contributed by atoms with Gasteiger partial charge >= 0.3 is 12.3 Å². The third-order valence-electron chi connectivity index (χ3n) is 3.05. The van der Waals surface area contributed by atoms with Crippen molar-refractivity contribution in [1.82, 2.24) is 0 Å². The highest BCUT2D eigenvalue weighted by Crippen LogP contribution is 2.29. The lowest BCUT2D eigenvalue weighted by Gasteiger charge is -2.27. The molecule has 0 aliphatic rings. The van der Waals surface area contributed by atoms with Crippen LogP contribution in [0.4, 0.5) is 31.5 Å². The summed E-state index contributed by atoms with van der Waals surface area (Å²) in [6, 6.07) is 0. The van der Waals surface area contributed by atoms with Crippen LogP contribution in [0.5, 0.6) is 5.75 Å². The normalized spacial score (nSPS) is 12.9. The van der Waals surface area contributed by atoms with E-state index in [2.05, 4.69) is 9.47 Å². The average molecular weight is 416 g/mol. The van der Waals surface area contributed by atoms with Crippen molar-refractivity contribution in [2.45, 2.75) is 25.9 Å². The molecular weight excluding hydrogens is 399 g/mol. The largest absolute Gasteiger partial charge is 0.514 e. The first-order chi connectivity index (χ1) is 13.1. The van der Waals surface area contributed by atoms with Crippen LogP contribution >= 0.6 is 0 Å². The molecule has 1 rings (SSSR count). The fourth-order valence-corrected chi connectivity index (χ4v) is 1.82. The van der Waals surface area contributed by atoms with E-state index in [1.54, 1.807) is 6.92 Å². The van der Waals surface area contributed by atoms with Gasteiger partial charge in [0.2, 0.25) is 34.8 Å². The van der Waals surface area contributed by atoms with E-state index >= 15 is 0 Å². The lowest BCUT2D eigenvalue weighted by Crippen LogP contribution is -2.42. The first-order valence-corrected chi connectivity index (χ1v) is 7.77. The minimum absolute atomic E-state index is 0.0724. The fourth-order valence-electron chi connectivity index (χ4n) is 1.82. The molecule has 28 heavy (non-hydrogen) atoms. The molecule has 0 aliphatic carbocycles. The maximum Gasteiger partial charge on any atom is 0.514 e. The molecule has 0 spiro atoms. The summed E-state index contributed by atoms with van der Waals surface area (Å²) in [5.41, 5.74) is -1.72. The highest BCUT2D eigenvalue weighted by atomic mass is 19.2.